The summed E-state index contributed by atoms with van der Waals surface area (Å²) in [5, 5.41) is 2.39. The van der Waals surface area contributed by atoms with Crippen LogP contribution in [0.3, 0.4) is 0 Å². The second kappa shape index (κ2) is 8.21. The van der Waals surface area contributed by atoms with Crippen LogP contribution in [0.4, 0.5) is 0 Å². The van der Waals surface area contributed by atoms with E-state index in [9.17, 15) is 0 Å². The molecule has 0 aliphatic carbocycles. The van der Waals surface area contributed by atoms with Gasteiger partial charge in [-0.25, -0.2) is 4.98 Å². The number of rotatable bonds is 6. The van der Waals surface area contributed by atoms with E-state index >= 15 is 0 Å². The summed E-state index contributed by atoms with van der Waals surface area (Å²) in [6.45, 7) is 8.95. The molecule has 0 N–H and O–H groups in total. The van der Waals surface area contributed by atoms with Gasteiger partial charge >= 0.3 is 0 Å². The fourth-order valence-corrected chi connectivity index (χ4v) is 3.71. The Morgan fingerprint density at radius 2 is 1.74 bits per heavy atom. The van der Waals surface area contributed by atoms with Crippen molar-refractivity contribution in [2.24, 2.45) is 0 Å². The number of benzene rings is 2. The van der Waals surface area contributed by atoms with Crippen molar-refractivity contribution in [1.82, 2.24) is 14.8 Å². The molecule has 1 aliphatic rings. The zero-order valence-electron chi connectivity index (χ0n) is 16.1. The molecule has 0 bridgehead atoms. The summed E-state index contributed by atoms with van der Waals surface area (Å²) in [5.41, 5.74) is 2.11. The first-order chi connectivity index (χ1) is 13.2. The maximum atomic E-state index is 6.06. The van der Waals surface area contributed by atoms with Crippen LogP contribution in [0, 0.1) is 6.92 Å². The first-order valence-electron chi connectivity index (χ1n) is 9.62. The average molecular weight is 365 g/mol. The van der Waals surface area contributed by atoms with E-state index in [-0.39, 0.29) is 0 Å². The highest BCUT2D eigenvalue weighted by atomic mass is 16.5. The van der Waals surface area contributed by atoms with Crippen LogP contribution in [0.2, 0.25) is 0 Å². The van der Waals surface area contributed by atoms with E-state index in [1.165, 1.54) is 10.8 Å². The molecule has 0 radical (unpaired) electrons. The van der Waals surface area contributed by atoms with Crippen LogP contribution in [-0.4, -0.2) is 61.2 Å². The van der Waals surface area contributed by atoms with Crippen LogP contribution in [0.25, 0.3) is 22.2 Å². The molecule has 0 saturated carbocycles. The number of piperazine rings is 1. The molecule has 0 amide bonds. The normalized spacial score (nSPS) is 16.2. The van der Waals surface area contributed by atoms with Gasteiger partial charge < -0.3 is 9.15 Å². The number of aromatic nitrogens is 1. The number of ether oxygens (including phenoxy) is 1. The Morgan fingerprint density at radius 3 is 2.56 bits per heavy atom. The van der Waals surface area contributed by atoms with Gasteiger partial charge in [-0.3, -0.25) is 9.80 Å². The third-order valence-electron chi connectivity index (χ3n) is 5.36. The van der Waals surface area contributed by atoms with Crippen LogP contribution in [0.1, 0.15) is 11.5 Å². The fraction of sp³-hybridized carbons (Fsp3) is 0.409. The molecule has 5 nitrogen and oxygen atoms in total. The molecule has 1 aromatic heterocycles. The van der Waals surface area contributed by atoms with Gasteiger partial charge in [0.05, 0.1) is 12.3 Å². The zero-order valence-corrected chi connectivity index (χ0v) is 16.1. The van der Waals surface area contributed by atoms with E-state index in [1.807, 2.05) is 6.92 Å². The molecular weight excluding hydrogens is 338 g/mol. The number of fused-ring (bicyclic) bond motifs is 1. The quantitative estimate of drug-likeness (QED) is 0.668. The molecular formula is C22H27N3O2. The molecule has 1 aliphatic heterocycles. The second-order valence-electron chi connectivity index (χ2n) is 7.16. The maximum Gasteiger partial charge on any atom is 0.227 e. The van der Waals surface area contributed by atoms with E-state index in [1.54, 1.807) is 7.11 Å². The van der Waals surface area contributed by atoms with Gasteiger partial charge in [0, 0.05) is 51.9 Å². The Bertz CT molecular complexity index is 892. The average Bonchev–Trinajstić information content (AvgIpc) is 3.07. The van der Waals surface area contributed by atoms with Crippen molar-refractivity contribution in [3.05, 3.63) is 53.9 Å². The number of methoxy groups -OCH3 is 1. The molecule has 27 heavy (non-hydrogen) atoms. The molecule has 1 fully saturated rings. The lowest BCUT2D eigenvalue weighted by molar-refractivity contribution is 0.0931. The minimum absolute atomic E-state index is 0.720. The van der Waals surface area contributed by atoms with Gasteiger partial charge in [-0.05, 0) is 23.8 Å². The number of hydrogen-bond donors (Lipinski definition) is 0. The Balaban J connectivity index is 1.48. The maximum absolute atomic E-state index is 6.06. The van der Waals surface area contributed by atoms with Crippen molar-refractivity contribution in [1.29, 1.82) is 0 Å². The molecule has 5 heteroatoms. The Hall–Kier alpha value is -2.21. The second-order valence-corrected chi connectivity index (χ2v) is 7.16. The van der Waals surface area contributed by atoms with Crippen LogP contribution >= 0.6 is 0 Å². The van der Waals surface area contributed by atoms with Crippen molar-refractivity contribution < 1.29 is 9.15 Å². The fourth-order valence-electron chi connectivity index (χ4n) is 3.71. The largest absolute Gasteiger partial charge is 0.441 e. The third-order valence-corrected chi connectivity index (χ3v) is 5.36. The van der Waals surface area contributed by atoms with Crippen molar-refractivity contribution in [2.45, 2.75) is 13.5 Å². The van der Waals surface area contributed by atoms with E-state index in [4.69, 9.17) is 14.1 Å². The van der Waals surface area contributed by atoms with Crippen molar-refractivity contribution >= 4 is 10.8 Å². The minimum atomic E-state index is 0.720. The van der Waals surface area contributed by atoms with Crippen molar-refractivity contribution in [3.8, 4) is 11.5 Å². The number of hydrogen-bond acceptors (Lipinski definition) is 5. The molecule has 4 rings (SSSR count). The van der Waals surface area contributed by atoms with Crippen molar-refractivity contribution in [2.75, 3.05) is 46.4 Å². The molecule has 2 heterocycles. The SMILES string of the molecule is COCCN1CCN(Cc2nc(-c3cccc4ccccc34)oc2C)CC1. The van der Waals surface area contributed by atoms with Crippen LogP contribution < -0.4 is 0 Å². The summed E-state index contributed by atoms with van der Waals surface area (Å²) in [7, 11) is 1.76. The summed E-state index contributed by atoms with van der Waals surface area (Å²) in [6, 6.07) is 14.7. The zero-order chi connectivity index (χ0) is 18.6. The topological polar surface area (TPSA) is 41.7 Å². The highest BCUT2D eigenvalue weighted by molar-refractivity contribution is 5.94. The predicted octanol–water partition coefficient (Wildman–Crippen LogP) is 3.57. The van der Waals surface area contributed by atoms with Gasteiger partial charge in [0.15, 0.2) is 0 Å². The summed E-state index contributed by atoms with van der Waals surface area (Å²) in [5.74, 6) is 1.64. The lowest BCUT2D eigenvalue weighted by Crippen LogP contribution is -2.46. The summed E-state index contributed by atoms with van der Waals surface area (Å²) < 4.78 is 11.2. The van der Waals surface area contributed by atoms with Gasteiger partial charge in [0.2, 0.25) is 5.89 Å². The van der Waals surface area contributed by atoms with Crippen LogP contribution in [-0.2, 0) is 11.3 Å². The Labute approximate surface area is 160 Å². The highest BCUT2D eigenvalue weighted by Crippen LogP contribution is 2.29. The molecule has 2 aromatic carbocycles. The van der Waals surface area contributed by atoms with Gasteiger partial charge in [-0.2, -0.15) is 0 Å². The summed E-state index contributed by atoms with van der Waals surface area (Å²) in [6.07, 6.45) is 0. The third kappa shape index (κ3) is 4.05. The van der Waals surface area contributed by atoms with E-state index in [0.717, 1.165) is 68.8 Å². The number of oxazole rings is 1. The Morgan fingerprint density at radius 1 is 1.00 bits per heavy atom. The smallest absolute Gasteiger partial charge is 0.227 e. The lowest BCUT2D eigenvalue weighted by Gasteiger charge is -2.34. The van der Waals surface area contributed by atoms with Crippen molar-refractivity contribution in [3.63, 3.8) is 0 Å². The molecule has 3 aromatic rings. The van der Waals surface area contributed by atoms with Gasteiger partial charge in [-0.1, -0.05) is 36.4 Å². The minimum Gasteiger partial charge on any atom is -0.441 e. The summed E-state index contributed by atoms with van der Waals surface area (Å²) >= 11 is 0. The molecule has 0 spiro atoms. The molecule has 0 unspecified atom stereocenters. The summed E-state index contributed by atoms with van der Waals surface area (Å²) in [4.78, 5) is 9.77. The lowest BCUT2D eigenvalue weighted by atomic mass is 10.0. The van der Waals surface area contributed by atoms with Crippen LogP contribution in [0.5, 0.6) is 0 Å². The molecule has 1 saturated heterocycles. The molecule has 0 atom stereocenters. The number of aryl methyl sites for hydroxylation is 1. The van der Waals surface area contributed by atoms with Gasteiger partial charge in [-0.15, -0.1) is 0 Å². The highest BCUT2D eigenvalue weighted by Gasteiger charge is 2.20. The first kappa shape index (κ1) is 18.2. The van der Waals surface area contributed by atoms with E-state index < -0.39 is 0 Å². The van der Waals surface area contributed by atoms with Gasteiger partial charge in [0.1, 0.15) is 5.76 Å². The predicted molar refractivity (Wildman–Crippen MR) is 108 cm³/mol. The standard InChI is InChI=1S/C22H27N3O2/c1-17-21(16-25-12-10-24(11-13-25)14-15-26-2)23-22(27-17)20-9-5-7-18-6-3-4-8-19(18)20/h3-9H,10-16H2,1-2H3. The van der Waals surface area contributed by atoms with E-state index in [0.29, 0.717) is 0 Å². The number of nitrogens with zero attached hydrogens (tertiary/aromatic N) is 3. The molecule has 142 valence electrons. The first-order valence-corrected chi connectivity index (χ1v) is 9.62. The monoisotopic (exact) mass is 365 g/mol. The van der Waals surface area contributed by atoms with E-state index in [2.05, 4.69) is 52.3 Å². The van der Waals surface area contributed by atoms with Crippen LogP contribution in [0.15, 0.2) is 46.9 Å². The van der Waals surface area contributed by atoms with Gasteiger partial charge in [0.25, 0.3) is 0 Å². The Kier molecular flexibility index (Phi) is 5.53.